The largest absolute Gasteiger partial charge is 0.398 e. The van der Waals surface area contributed by atoms with E-state index in [1.54, 1.807) is 0 Å². The summed E-state index contributed by atoms with van der Waals surface area (Å²) in [4.78, 5) is 11.2. The van der Waals surface area contributed by atoms with E-state index in [-0.39, 0.29) is 41.7 Å². The van der Waals surface area contributed by atoms with Gasteiger partial charge in [0.1, 0.15) is 4.90 Å². The molecule has 2 rings (SSSR count). The minimum atomic E-state index is -3.81. The minimum absolute atomic E-state index is 0.00466. The highest BCUT2D eigenvalue weighted by Crippen LogP contribution is 2.23. The Morgan fingerprint density at radius 2 is 2.16 bits per heavy atom. The van der Waals surface area contributed by atoms with Gasteiger partial charge < -0.3 is 11.1 Å². The standard InChI is InChI=1S/C11H12N4O3S/c12-6-8-1-2-10(9(13)5-8)19(17,18)15-4-3-14-11(16)7-15/h1-2,5H,3-4,7,13H2,(H,14,16). The Labute approximate surface area is 110 Å². The molecule has 7 nitrogen and oxygen atoms in total. The minimum Gasteiger partial charge on any atom is -0.398 e. The van der Waals surface area contributed by atoms with Crippen LogP contribution in [0.4, 0.5) is 5.69 Å². The molecule has 0 aliphatic carbocycles. The Bertz CT molecular complexity index is 663. The van der Waals surface area contributed by atoms with Crippen molar-refractivity contribution in [3.05, 3.63) is 23.8 Å². The lowest BCUT2D eigenvalue weighted by molar-refractivity contribution is -0.122. The molecule has 1 heterocycles. The first-order valence-electron chi connectivity index (χ1n) is 5.51. The summed E-state index contributed by atoms with van der Waals surface area (Å²) in [7, 11) is -3.81. The molecule has 3 N–H and O–H groups in total. The number of nitrogens with zero attached hydrogens (tertiary/aromatic N) is 2. The maximum Gasteiger partial charge on any atom is 0.245 e. The van der Waals surface area contributed by atoms with E-state index in [1.807, 2.05) is 6.07 Å². The molecule has 100 valence electrons. The maximum absolute atomic E-state index is 12.3. The van der Waals surface area contributed by atoms with Gasteiger partial charge in [-0.25, -0.2) is 8.42 Å². The molecule has 0 saturated carbocycles. The lowest BCUT2D eigenvalue weighted by Crippen LogP contribution is -2.49. The maximum atomic E-state index is 12.3. The number of amides is 1. The van der Waals surface area contributed by atoms with E-state index >= 15 is 0 Å². The predicted molar refractivity (Wildman–Crippen MR) is 67.3 cm³/mol. The topological polar surface area (TPSA) is 116 Å². The number of piperazine rings is 1. The summed E-state index contributed by atoms with van der Waals surface area (Å²) in [5.74, 6) is -0.345. The molecule has 0 spiro atoms. The Morgan fingerprint density at radius 1 is 1.42 bits per heavy atom. The van der Waals surface area contributed by atoms with Gasteiger partial charge in [-0.2, -0.15) is 9.57 Å². The molecule has 0 radical (unpaired) electrons. The van der Waals surface area contributed by atoms with E-state index < -0.39 is 10.0 Å². The molecule has 1 aliphatic rings. The van der Waals surface area contributed by atoms with Gasteiger partial charge in [-0.05, 0) is 18.2 Å². The number of rotatable bonds is 2. The third-order valence-electron chi connectivity index (χ3n) is 2.76. The average molecular weight is 280 g/mol. The average Bonchev–Trinajstić information content (AvgIpc) is 2.38. The number of carbonyl (C=O) groups is 1. The molecule has 0 aromatic heterocycles. The molecule has 19 heavy (non-hydrogen) atoms. The van der Waals surface area contributed by atoms with Crippen LogP contribution in [0.3, 0.4) is 0 Å². The number of nitrogens with two attached hydrogens (primary N) is 1. The summed E-state index contributed by atoms with van der Waals surface area (Å²) in [5, 5.41) is 11.3. The Morgan fingerprint density at radius 3 is 2.74 bits per heavy atom. The van der Waals surface area contributed by atoms with Gasteiger partial charge in [0.15, 0.2) is 0 Å². The predicted octanol–water partition coefficient (Wildman–Crippen LogP) is -0.739. The number of sulfonamides is 1. The zero-order valence-corrected chi connectivity index (χ0v) is 10.8. The molecule has 1 aromatic carbocycles. The van der Waals surface area contributed by atoms with Crippen LogP contribution in [0.1, 0.15) is 5.56 Å². The van der Waals surface area contributed by atoms with Gasteiger partial charge >= 0.3 is 0 Å². The zero-order valence-electron chi connectivity index (χ0n) is 9.96. The quantitative estimate of drug-likeness (QED) is 0.692. The van der Waals surface area contributed by atoms with E-state index in [0.29, 0.717) is 0 Å². The molecule has 0 bridgehead atoms. The first-order valence-corrected chi connectivity index (χ1v) is 6.95. The van der Waals surface area contributed by atoms with Crippen LogP contribution in [-0.4, -0.2) is 38.3 Å². The number of nitriles is 1. The fourth-order valence-corrected chi connectivity index (χ4v) is 3.31. The summed E-state index contributed by atoms with van der Waals surface area (Å²) in [6.07, 6.45) is 0. The van der Waals surface area contributed by atoms with E-state index in [0.717, 1.165) is 4.31 Å². The summed E-state index contributed by atoms with van der Waals surface area (Å²) in [6.45, 7) is 0.254. The lowest BCUT2D eigenvalue weighted by atomic mass is 10.2. The molecule has 1 amide bonds. The Kier molecular flexibility index (Phi) is 3.42. The molecule has 1 saturated heterocycles. The van der Waals surface area contributed by atoms with Gasteiger partial charge in [0, 0.05) is 13.1 Å². The SMILES string of the molecule is N#Cc1ccc(S(=O)(=O)N2CCNC(=O)C2)c(N)c1. The Balaban J connectivity index is 2.39. The molecule has 0 unspecified atom stereocenters. The smallest absolute Gasteiger partial charge is 0.245 e. The fourth-order valence-electron chi connectivity index (χ4n) is 1.81. The van der Waals surface area contributed by atoms with Crippen molar-refractivity contribution in [3.63, 3.8) is 0 Å². The molecular formula is C11H12N4O3S. The van der Waals surface area contributed by atoms with Crippen molar-refractivity contribution in [2.75, 3.05) is 25.4 Å². The molecule has 1 aromatic rings. The first kappa shape index (κ1) is 13.3. The number of nitrogens with one attached hydrogen (secondary N) is 1. The van der Waals surface area contributed by atoms with Crippen molar-refractivity contribution in [2.24, 2.45) is 0 Å². The number of carbonyl (C=O) groups excluding carboxylic acids is 1. The van der Waals surface area contributed by atoms with Crippen molar-refractivity contribution >= 4 is 21.6 Å². The van der Waals surface area contributed by atoms with Crippen LogP contribution in [0.25, 0.3) is 0 Å². The van der Waals surface area contributed by atoms with Crippen molar-refractivity contribution in [2.45, 2.75) is 4.90 Å². The van der Waals surface area contributed by atoms with Gasteiger partial charge in [0.25, 0.3) is 0 Å². The Hall–Kier alpha value is -2.11. The summed E-state index contributed by atoms with van der Waals surface area (Å²) >= 11 is 0. The van der Waals surface area contributed by atoms with Gasteiger partial charge in [-0.15, -0.1) is 0 Å². The monoisotopic (exact) mass is 280 g/mol. The fraction of sp³-hybridized carbons (Fsp3) is 0.273. The molecule has 0 atom stereocenters. The van der Waals surface area contributed by atoms with E-state index in [1.165, 1.54) is 18.2 Å². The second-order valence-electron chi connectivity index (χ2n) is 4.05. The highest BCUT2D eigenvalue weighted by Gasteiger charge is 2.30. The number of benzene rings is 1. The van der Waals surface area contributed by atoms with Crippen LogP contribution in [0.2, 0.25) is 0 Å². The normalized spacial score (nSPS) is 16.7. The van der Waals surface area contributed by atoms with Crippen LogP contribution in [-0.2, 0) is 14.8 Å². The number of hydrogen-bond acceptors (Lipinski definition) is 5. The highest BCUT2D eigenvalue weighted by atomic mass is 32.2. The molecule has 8 heteroatoms. The van der Waals surface area contributed by atoms with E-state index in [9.17, 15) is 13.2 Å². The third-order valence-corrected chi connectivity index (χ3v) is 4.68. The number of anilines is 1. The van der Waals surface area contributed by atoms with Gasteiger partial charge in [-0.3, -0.25) is 4.79 Å². The molecule has 1 aliphatic heterocycles. The second-order valence-corrected chi connectivity index (χ2v) is 5.96. The zero-order chi connectivity index (χ0) is 14.0. The van der Waals surface area contributed by atoms with E-state index in [4.69, 9.17) is 11.0 Å². The van der Waals surface area contributed by atoms with Crippen LogP contribution in [0.5, 0.6) is 0 Å². The summed E-state index contributed by atoms with van der Waals surface area (Å²) in [6, 6.07) is 5.85. The van der Waals surface area contributed by atoms with E-state index in [2.05, 4.69) is 5.32 Å². The molecule has 1 fully saturated rings. The van der Waals surface area contributed by atoms with Gasteiger partial charge in [-0.1, -0.05) is 0 Å². The van der Waals surface area contributed by atoms with Crippen LogP contribution in [0, 0.1) is 11.3 Å². The van der Waals surface area contributed by atoms with Crippen molar-refractivity contribution in [1.29, 1.82) is 5.26 Å². The van der Waals surface area contributed by atoms with Crippen molar-refractivity contribution in [3.8, 4) is 6.07 Å². The van der Waals surface area contributed by atoms with Crippen molar-refractivity contribution < 1.29 is 13.2 Å². The number of nitrogen functional groups attached to an aromatic ring is 1. The summed E-state index contributed by atoms with van der Waals surface area (Å²) < 4.78 is 25.7. The van der Waals surface area contributed by atoms with Crippen LogP contribution in [0.15, 0.2) is 23.1 Å². The third kappa shape index (κ3) is 2.52. The summed E-state index contributed by atoms with van der Waals surface area (Å²) in [5.41, 5.74) is 5.96. The van der Waals surface area contributed by atoms with Crippen molar-refractivity contribution in [1.82, 2.24) is 9.62 Å². The van der Waals surface area contributed by atoms with Gasteiger partial charge in [0.05, 0.1) is 23.9 Å². The lowest BCUT2D eigenvalue weighted by Gasteiger charge is -2.26. The number of hydrogen-bond donors (Lipinski definition) is 2. The first-order chi connectivity index (χ1) is 8.95. The van der Waals surface area contributed by atoms with Crippen LogP contribution >= 0.6 is 0 Å². The second kappa shape index (κ2) is 4.87. The van der Waals surface area contributed by atoms with Crippen LogP contribution < -0.4 is 11.1 Å². The highest BCUT2D eigenvalue weighted by molar-refractivity contribution is 7.89. The van der Waals surface area contributed by atoms with Gasteiger partial charge in [0.2, 0.25) is 15.9 Å². The molecular weight excluding hydrogens is 268 g/mol.